The number of hydrogen-bond donors (Lipinski definition) is 2. The summed E-state index contributed by atoms with van der Waals surface area (Å²) in [6.07, 6.45) is 2.72. The van der Waals surface area contributed by atoms with Gasteiger partial charge in [-0.1, -0.05) is 38.1 Å². The molecule has 1 heterocycles. The molecular weight excluding hydrogens is 246 g/mol. The van der Waals surface area contributed by atoms with Gasteiger partial charge in [-0.15, -0.1) is 0 Å². The number of likely N-dealkylation sites (tertiary alicyclic amines) is 1. The van der Waals surface area contributed by atoms with Crippen molar-refractivity contribution in [2.24, 2.45) is 11.7 Å². The average Bonchev–Trinajstić information content (AvgIpc) is 2.93. The van der Waals surface area contributed by atoms with E-state index >= 15 is 0 Å². The summed E-state index contributed by atoms with van der Waals surface area (Å²) in [7, 11) is 0. The summed E-state index contributed by atoms with van der Waals surface area (Å²) >= 11 is 0. The summed E-state index contributed by atoms with van der Waals surface area (Å²) in [5, 5.41) is 3.44. The lowest BCUT2D eigenvalue weighted by Crippen LogP contribution is -2.37. The Morgan fingerprint density at radius 2 is 1.70 bits per heavy atom. The molecule has 0 saturated carbocycles. The Labute approximate surface area is 123 Å². The van der Waals surface area contributed by atoms with E-state index in [0.29, 0.717) is 5.92 Å². The van der Waals surface area contributed by atoms with Crippen molar-refractivity contribution in [2.75, 3.05) is 19.6 Å². The van der Waals surface area contributed by atoms with Gasteiger partial charge in [0.2, 0.25) is 0 Å². The van der Waals surface area contributed by atoms with Crippen LogP contribution in [-0.2, 0) is 13.1 Å². The molecule has 1 fully saturated rings. The van der Waals surface area contributed by atoms with Crippen molar-refractivity contribution in [3.63, 3.8) is 0 Å². The first kappa shape index (κ1) is 15.5. The van der Waals surface area contributed by atoms with E-state index in [4.69, 9.17) is 5.73 Å². The third-order valence-corrected chi connectivity index (χ3v) is 4.19. The lowest BCUT2D eigenvalue weighted by Gasteiger charge is -2.17. The normalized spacial score (nSPS) is 17.8. The van der Waals surface area contributed by atoms with Crippen LogP contribution in [0.3, 0.4) is 0 Å². The van der Waals surface area contributed by atoms with Crippen molar-refractivity contribution in [1.29, 1.82) is 0 Å². The second kappa shape index (κ2) is 7.77. The molecule has 2 rings (SSSR count). The van der Waals surface area contributed by atoms with Crippen LogP contribution in [0.2, 0.25) is 0 Å². The first-order valence-corrected chi connectivity index (χ1v) is 7.91. The van der Waals surface area contributed by atoms with Crippen LogP contribution < -0.4 is 11.1 Å². The molecule has 0 aromatic heterocycles. The predicted molar refractivity (Wildman–Crippen MR) is 85.5 cm³/mol. The quantitative estimate of drug-likeness (QED) is 0.802. The molecule has 1 unspecified atom stereocenters. The van der Waals surface area contributed by atoms with E-state index in [-0.39, 0.29) is 6.04 Å². The number of nitrogens with one attached hydrogen (secondary N) is 1. The summed E-state index contributed by atoms with van der Waals surface area (Å²) in [6, 6.07) is 9.23. The molecule has 1 aliphatic heterocycles. The zero-order valence-corrected chi connectivity index (χ0v) is 12.9. The third kappa shape index (κ3) is 4.89. The Hall–Kier alpha value is -0.900. The van der Waals surface area contributed by atoms with Crippen molar-refractivity contribution in [2.45, 2.75) is 45.8 Å². The number of hydrogen-bond acceptors (Lipinski definition) is 3. The largest absolute Gasteiger partial charge is 0.326 e. The third-order valence-electron chi connectivity index (χ3n) is 4.19. The van der Waals surface area contributed by atoms with E-state index in [2.05, 4.69) is 48.3 Å². The van der Waals surface area contributed by atoms with Gasteiger partial charge in [0.25, 0.3) is 0 Å². The molecule has 0 spiro atoms. The second-order valence-corrected chi connectivity index (χ2v) is 6.34. The van der Waals surface area contributed by atoms with Crippen molar-refractivity contribution in [3.05, 3.63) is 35.4 Å². The number of nitrogens with two attached hydrogens (primary N) is 1. The summed E-state index contributed by atoms with van der Waals surface area (Å²) in [6.45, 7) is 9.75. The van der Waals surface area contributed by atoms with Gasteiger partial charge in [0.1, 0.15) is 0 Å². The fourth-order valence-electron chi connectivity index (χ4n) is 2.58. The minimum absolute atomic E-state index is 0.240. The van der Waals surface area contributed by atoms with Crippen LogP contribution in [0.15, 0.2) is 24.3 Å². The van der Waals surface area contributed by atoms with Gasteiger partial charge in [-0.25, -0.2) is 0 Å². The maximum atomic E-state index is 6.03. The second-order valence-electron chi connectivity index (χ2n) is 6.34. The van der Waals surface area contributed by atoms with Gasteiger partial charge >= 0.3 is 0 Å². The summed E-state index contributed by atoms with van der Waals surface area (Å²) in [5.74, 6) is 0.533. The smallest absolute Gasteiger partial charge is 0.0233 e. The monoisotopic (exact) mass is 275 g/mol. The number of benzene rings is 1. The molecule has 1 aliphatic rings. The SMILES string of the molecule is CC(C)C(N)CNCc1ccc(CN2CCCC2)cc1. The highest BCUT2D eigenvalue weighted by molar-refractivity contribution is 5.22. The first-order chi connectivity index (χ1) is 9.65. The van der Waals surface area contributed by atoms with Gasteiger partial charge in [0.15, 0.2) is 0 Å². The lowest BCUT2D eigenvalue weighted by atomic mass is 10.1. The maximum absolute atomic E-state index is 6.03. The van der Waals surface area contributed by atoms with Gasteiger partial charge in [0, 0.05) is 25.7 Å². The minimum Gasteiger partial charge on any atom is -0.326 e. The molecular formula is C17H29N3. The zero-order chi connectivity index (χ0) is 14.4. The molecule has 1 aromatic rings. The van der Waals surface area contributed by atoms with Crippen LogP contribution in [0.1, 0.15) is 37.8 Å². The van der Waals surface area contributed by atoms with Gasteiger partial charge in [0.05, 0.1) is 0 Å². The van der Waals surface area contributed by atoms with Gasteiger partial charge in [-0.3, -0.25) is 4.90 Å². The molecule has 1 aromatic carbocycles. The van der Waals surface area contributed by atoms with Crippen LogP contribution in [0.4, 0.5) is 0 Å². The predicted octanol–water partition coefficient (Wildman–Crippen LogP) is 2.36. The van der Waals surface area contributed by atoms with Crippen LogP contribution in [0, 0.1) is 5.92 Å². The Balaban J connectivity index is 1.73. The van der Waals surface area contributed by atoms with Crippen molar-refractivity contribution >= 4 is 0 Å². The molecule has 20 heavy (non-hydrogen) atoms. The standard InChI is InChI=1S/C17H29N3/c1-14(2)17(18)12-19-11-15-5-7-16(8-6-15)13-20-9-3-4-10-20/h5-8,14,17,19H,3-4,9-13,18H2,1-2H3. The van der Waals surface area contributed by atoms with E-state index in [1.54, 1.807) is 0 Å². The van der Waals surface area contributed by atoms with E-state index in [9.17, 15) is 0 Å². The Bertz CT molecular complexity index is 380. The molecule has 1 saturated heterocycles. The Morgan fingerprint density at radius 1 is 1.10 bits per heavy atom. The molecule has 0 amide bonds. The molecule has 1 atom stereocenters. The van der Waals surface area contributed by atoms with E-state index in [0.717, 1.165) is 19.6 Å². The summed E-state index contributed by atoms with van der Waals surface area (Å²) in [5.41, 5.74) is 8.79. The summed E-state index contributed by atoms with van der Waals surface area (Å²) < 4.78 is 0. The molecule has 112 valence electrons. The lowest BCUT2D eigenvalue weighted by molar-refractivity contribution is 0.331. The fraction of sp³-hybridized carbons (Fsp3) is 0.647. The van der Waals surface area contributed by atoms with Gasteiger partial charge in [-0.05, 0) is 43.0 Å². The Morgan fingerprint density at radius 3 is 2.30 bits per heavy atom. The highest BCUT2D eigenvalue weighted by Crippen LogP contribution is 2.13. The summed E-state index contributed by atoms with van der Waals surface area (Å²) in [4.78, 5) is 2.54. The maximum Gasteiger partial charge on any atom is 0.0233 e. The molecule has 3 nitrogen and oxygen atoms in total. The van der Waals surface area contributed by atoms with Crippen molar-refractivity contribution < 1.29 is 0 Å². The van der Waals surface area contributed by atoms with Crippen LogP contribution >= 0.6 is 0 Å². The molecule has 0 bridgehead atoms. The molecule has 3 N–H and O–H groups in total. The molecule has 0 radical (unpaired) electrons. The van der Waals surface area contributed by atoms with Crippen LogP contribution in [-0.4, -0.2) is 30.6 Å². The number of nitrogens with zero attached hydrogens (tertiary/aromatic N) is 1. The fourth-order valence-corrected chi connectivity index (χ4v) is 2.58. The minimum atomic E-state index is 0.240. The van der Waals surface area contributed by atoms with E-state index in [1.807, 2.05) is 0 Å². The van der Waals surface area contributed by atoms with Crippen LogP contribution in [0.5, 0.6) is 0 Å². The zero-order valence-electron chi connectivity index (χ0n) is 12.9. The first-order valence-electron chi connectivity index (χ1n) is 7.91. The Kier molecular flexibility index (Phi) is 6.02. The number of rotatable bonds is 7. The highest BCUT2D eigenvalue weighted by Gasteiger charge is 2.11. The topological polar surface area (TPSA) is 41.3 Å². The van der Waals surface area contributed by atoms with Crippen LogP contribution in [0.25, 0.3) is 0 Å². The molecule has 3 heteroatoms. The average molecular weight is 275 g/mol. The van der Waals surface area contributed by atoms with Crippen molar-refractivity contribution in [3.8, 4) is 0 Å². The highest BCUT2D eigenvalue weighted by atomic mass is 15.1. The molecule has 0 aliphatic carbocycles. The van der Waals surface area contributed by atoms with Gasteiger partial charge < -0.3 is 11.1 Å². The van der Waals surface area contributed by atoms with E-state index in [1.165, 1.54) is 37.1 Å². The van der Waals surface area contributed by atoms with Crippen molar-refractivity contribution in [1.82, 2.24) is 10.2 Å². The van der Waals surface area contributed by atoms with Gasteiger partial charge in [-0.2, -0.15) is 0 Å². The van der Waals surface area contributed by atoms with E-state index < -0.39 is 0 Å².